The van der Waals surface area contributed by atoms with E-state index in [2.05, 4.69) is 4.72 Å². The lowest BCUT2D eigenvalue weighted by Gasteiger charge is -2.22. The van der Waals surface area contributed by atoms with Crippen molar-refractivity contribution in [3.8, 4) is 0 Å². The van der Waals surface area contributed by atoms with Crippen LogP contribution in [0.3, 0.4) is 0 Å². The number of halogens is 1. The van der Waals surface area contributed by atoms with Gasteiger partial charge in [0.25, 0.3) is 0 Å². The number of sulfonamides is 1. The van der Waals surface area contributed by atoms with E-state index in [1.165, 1.54) is 23.9 Å². The molecule has 19 heavy (non-hydrogen) atoms. The largest absolute Gasteiger partial charge is 0.388 e. The van der Waals surface area contributed by atoms with Gasteiger partial charge in [-0.15, -0.1) is 0 Å². The maximum Gasteiger partial charge on any atom is 0.240 e. The van der Waals surface area contributed by atoms with Crippen LogP contribution in [0.25, 0.3) is 0 Å². The number of aryl methyl sites for hydroxylation is 1. The molecule has 1 aromatic rings. The molecule has 0 aliphatic heterocycles. The van der Waals surface area contributed by atoms with E-state index < -0.39 is 21.4 Å². The molecule has 0 amide bonds. The summed E-state index contributed by atoms with van der Waals surface area (Å²) in [5, 5.41) is 9.91. The Morgan fingerprint density at radius 1 is 1.42 bits per heavy atom. The second kappa shape index (κ2) is 6.21. The Balaban J connectivity index is 2.87. The molecule has 108 valence electrons. The Morgan fingerprint density at radius 2 is 2.05 bits per heavy atom. The van der Waals surface area contributed by atoms with Gasteiger partial charge in [0, 0.05) is 12.3 Å². The van der Waals surface area contributed by atoms with E-state index in [4.69, 9.17) is 0 Å². The van der Waals surface area contributed by atoms with Gasteiger partial charge in [0.05, 0.1) is 10.5 Å². The van der Waals surface area contributed by atoms with Crippen LogP contribution >= 0.6 is 11.8 Å². The molecule has 1 aromatic carbocycles. The van der Waals surface area contributed by atoms with Gasteiger partial charge < -0.3 is 5.11 Å². The maximum absolute atomic E-state index is 13.2. The van der Waals surface area contributed by atoms with E-state index in [0.717, 1.165) is 6.07 Å². The zero-order valence-electron chi connectivity index (χ0n) is 11.1. The number of rotatable bonds is 6. The van der Waals surface area contributed by atoms with Crippen molar-refractivity contribution in [3.63, 3.8) is 0 Å². The summed E-state index contributed by atoms with van der Waals surface area (Å²) < 4.78 is 39.5. The van der Waals surface area contributed by atoms with Crippen molar-refractivity contribution in [3.05, 3.63) is 29.6 Å². The summed E-state index contributed by atoms with van der Waals surface area (Å²) in [4.78, 5) is -0.134. The molecule has 7 heteroatoms. The average molecular weight is 307 g/mol. The highest BCUT2D eigenvalue weighted by molar-refractivity contribution is 7.98. The fraction of sp³-hybridized carbons (Fsp3) is 0.500. The lowest BCUT2D eigenvalue weighted by atomic mass is 10.1. The van der Waals surface area contributed by atoms with Crippen molar-refractivity contribution in [1.82, 2.24) is 4.72 Å². The topological polar surface area (TPSA) is 66.4 Å². The van der Waals surface area contributed by atoms with Gasteiger partial charge >= 0.3 is 0 Å². The Labute approximate surface area is 117 Å². The normalized spacial score (nSPS) is 15.2. The molecule has 0 radical (unpaired) electrons. The molecule has 1 rings (SSSR count). The summed E-state index contributed by atoms with van der Waals surface area (Å²) in [6.07, 6.45) is 1.82. The van der Waals surface area contributed by atoms with Crippen molar-refractivity contribution in [2.24, 2.45) is 0 Å². The molecule has 0 bridgehead atoms. The van der Waals surface area contributed by atoms with E-state index in [1.807, 2.05) is 6.26 Å². The molecule has 0 fully saturated rings. The summed E-state index contributed by atoms with van der Waals surface area (Å²) >= 11 is 1.42. The molecule has 0 aliphatic carbocycles. The number of nitrogens with one attached hydrogen (secondary N) is 1. The molecular weight excluding hydrogens is 289 g/mol. The fourth-order valence-electron chi connectivity index (χ4n) is 1.55. The second-order valence-electron chi connectivity index (χ2n) is 4.72. The maximum atomic E-state index is 13.2. The van der Waals surface area contributed by atoms with Gasteiger partial charge in [-0.25, -0.2) is 17.5 Å². The van der Waals surface area contributed by atoms with Gasteiger partial charge in [0.1, 0.15) is 5.82 Å². The van der Waals surface area contributed by atoms with Crippen LogP contribution in [-0.2, 0) is 10.0 Å². The van der Waals surface area contributed by atoms with Crippen LogP contribution in [0.4, 0.5) is 4.39 Å². The smallest absolute Gasteiger partial charge is 0.240 e. The van der Waals surface area contributed by atoms with Gasteiger partial charge in [-0.1, -0.05) is 0 Å². The average Bonchev–Trinajstić information content (AvgIpc) is 2.25. The number of hydrogen-bond donors (Lipinski definition) is 2. The van der Waals surface area contributed by atoms with Crippen LogP contribution in [-0.4, -0.2) is 37.7 Å². The van der Waals surface area contributed by atoms with E-state index in [1.54, 1.807) is 13.8 Å². The highest BCUT2D eigenvalue weighted by Gasteiger charge is 2.24. The Hall–Kier alpha value is -0.630. The SMILES string of the molecule is CSCC(C)(O)CNS(=O)(=O)c1cc(C)cc(F)c1. The number of hydrogen-bond acceptors (Lipinski definition) is 4. The Kier molecular flexibility index (Phi) is 5.37. The van der Waals surface area contributed by atoms with Crippen molar-refractivity contribution in [1.29, 1.82) is 0 Å². The zero-order chi connectivity index (χ0) is 14.7. The standard InChI is InChI=1S/C12H18FNO3S2/c1-9-4-10(13)6-11(5-9)19(16,17)14-7-12(2,15)8-18-3/h4-6,14-15H,7-8H2,1-3H3. The third kappa shape index (κ3) is 5.10. The predicted octanol–water partition coefficient (Wildman–Crippen LogP) is 1.53. The Bertz CT molecular complexity index is 524. The molecule has 0 spiro atoms. The molecule has 4 nitrogen and oxygen atoms in total. The molecule has 0 saturated carbocycles. The first-order valence-corrected chi connectivity index (χ1v) is 8.52. The first-order chi connectivity index (χ1) is 8.66. The molecule has 1 atom stereocenters. The highest BCUT2D eigenvalue weighted by Crippen LogP contribution is 2.15. The minimum absolute atomic E-state index is 0.119. The van der Waals surface area contributed by atoms with E-state index in [-0.39, 0.29) is 11.4 Å². The van der Waals surface area contributed by atoms with Crippen LogP contribution in [0.15, 0.2) is 23.1 Å². The summed E-state index contributed by atoms with van der Waals surface area (Å²) in [6.45, 7) is 3.04. The lowest BCUT2D eigenvalue weighted by Crippen LogP contribution is -2.42. The highest BCUT2D eigenvalue weighted by atomic mass is 32.2. The van der Waals surface area contributed by atoms with E-state index >= 15 is 0 Å². The first-order valence-electron chi connectivity index (χ1n) is 5.64. The van der Waals surface area contributed by atoms with Crippen molar-refractivity contribution in [2.45, 2.75) is 24.3 Å². The summed E-state index contributed by atoms with van der Waals surface area (Å²) in [5.74, 6) is -0.200. The van der Waals surface area contributed by atoms with Crippen LogP contribution in [0.1, 0.15) is 12.5 Å². The molecule has 0 aromatic heterocycles. The molecule has 2 N–H and O–H groups in total. The first kappa shape index (κ1) is 16.4. The Morgan fingerprint density at radius 3 is 2.58 bits per heavy atom. The zero-order valence-corrected chi connectivity index (χ0v) is 12.7. The monoisotopic (exact) mass is 307 g/mol. The van der Waals surface area contributed by atoms with Gasteiger partial charge in [0.15, 0.2) is 0 Å². The number of aliphatic hydroxyl groups is 1. The second-order valence-corrected chi connectivity index (χ2v) is 7.35. The van der Waals surface area contributed by atoms with Crippen LogP contribution in [0.2, 0.25) is 0 Å². The quantitative estimate of drug-likeness (QED) is 0.836. The lowest BCUT2D eigenvalue weighted by molar-refractivity contribution is 0.0908. The van der Waals surface area contributed by atoms with Gasteiger partial charge in [-0.2, -0.15) is 11.8 Å². The molecule has 0 saturated heterocycles. The molecule has 0 aliphatic rings. The van der Waals surface area contributed by atoms with Crippen molar-refractivity contribution < 1.29 is 17.9 Å². The number of thioether (sulfide) groups is 1. The third-order valence-corrected chi connectivity index (χ3v) is 4.72. The molecular formula is C12H18FNO3S2. The van der Waals surface area contributed by atoms with Gasteiger partial charge in [-0.3, -0.25) is 0 Å². The van der Waals surface area contributed by atoms with Crippen LogP contribution in [0.5, 0.6) is 0 Å². The fourth-order valence-corrected chi connectivity index (χ4v) is 3.55. The van der Waals surface area contributed by atoms with Gasteiger partial charge in [0.2, 0.25) is 10.0 Å². The van der Waals surface area contributed by atoms with E-state index in [0.29, 0.717) is 11.3 Å². The molecule has 0 heterocycles. The van der Waals surface area contributed by atoms with Crippen LogP contribution in [0, 0.1) is 12.7 Å². The minimum atomic E-state index is -3.82. The van der Waals surface area contributed by atoms with Crippen LogP contribution < -0.4 is 4.72 Å². The predicted molar refractivity (Wildman–Crippen MR) is 75.3 cm³/mol. The summed E-state index contributed by atoms with van der Waals surface area (Å²) in [5.41, 5.74) is -0.620. The molecule has 1 unspecified atom stereocenters. The van der Waals surface area contributed by atoms with Crippen molar-refractivity contribution >= 4 is 21.8 Å². The number of benzene rings is 1. The minimum Gasteiger partial charge on any atom is -0.388 e. The third-order valence-electron chi connectivity index (χ3n) is 2.42. The summed E-state index contributed by atoms with van der Waals surface area (Å²) in [6, 6.07) is 3.59. The van der Waals surface area contributed by atoms with Crippen molar-refractivity contribution in [2.75, 3.05) is 18.6 Å². The van der Waals surface area contributed by atoms with E-state index in [9.17, 15) is 17.9 Å². The van der Waals surface area contributed by atoms with Gasteiger partial charge in [-0.05, 0) is 43.9 Å². The summed E-state index contributed by atoms with van der Waals surface area (Å²) in [7, 11) is -3.82.